The van der Waals surface area contributed by atoms with Crippen LogP contribution in [0.15, 0.2) is 39.6 Å². The molecule has 0 aliphatic carbocycles. The van der Waals surface area contributed by atoms with Crippen molar-refractivity contribution < 1.29 is 9.15 Å². The summed E-state index contributed by atoms with van der Waals surface area (Å²) in [6.07, 6.45) is 3.77. The lowest BCUT2D eigenvalue weighted by molar-refractivity contribution is 0.288. The molecule has 4 heteroatoms. The maximum Gasteiger partial charge on any atom is 0.174 e. The number of fused-ring (bicyclic) bond motifs is 1. The van der Waals surface area contributed by atoms with Crippen molar-refractivity contribution in [1.29, 1.82) is 0 Å². The summed E-state index contributed by atoms with van der Waals surface area (Å²) >= 11 is 3.37. The van der Waals surface area contributed by atoms with Crippen LogP contribution in [0.5, 0.6) is 5.75 Å². The third-order valence-corrected chi connectivity index (χ3v) is 3.92. The molecular formula is C14H14BrNO2. The minimum atomic E-state index is -0.176. The Hall–Kier alpha value is -1.26. The van der Waals surface area contributed by atoms with Gasteiger partial charge in [0.15, 0.2) is 4.67 Å². The molecule has 0 amide bonds. The molecule has 1 atom stereocenters. The molecule has 1 aliphatic rings. The molecule has 0 spiro atoms. The van der Waals surface area contributed by atoms with Gasteiger partial charge in [-0.1, -0.05) is 12.1 Å². The molecule has 2 N–H and O–H groups in total. The van der Waals surface area contributed by atoms with E-state index in [9.17, 15) is 0 Å². The highest BCUT2D eigenvalue weighted by Crippen LogP contribution is 2.32. The molecule has 1 aliphatic heterocycles. The Labute approximate surface area is 114 Å². The summed E-state index contributed by atoms with van der Waals surface area (Å²) in [5.74, 6) is 0.989. The molecule has 1 aromatic heterocycles. The van der Waals surface area contributed by atoms with Crippen molar-refractivity contribution in [3.8, 4) is 5.75 Å². The molecule has 3 nitrogen and oxygen atoms in total. The third-order valence-electron chi connectivity index (χ3n) is 3.27. The van der Waals surface area contributed by atoms with Crippen LogP contribution >= 0.6 is 15.9 Å². The van der Waals surface area contributed by atoms with E-state index in [1.165, 1.54) is 5.56 Å². The molecular weight excluding hydrogens is 294 g/mol. The van der Waals surface area contributed by atoms with E-state index in [4.69, 9.17) is 14.9 Å². The van der Waals surface area contributed by atoms with Gasteiger partial charge in [-0.2, -0.15) is 0 Å². The Balaban J connectivity index is 1.95. The van der Waals surface area contributed by atoms with Crippen LogP contribution in [0.2, 0.25) is 0 Å². The van der Waals surface area contributed by atoms with E-state index in [1.54, 1.807) is 6.26 Å². The molecule has 94 valence electrons. The summed E-state index contributed by atoms with van der Waals surface area (Å²) in [6, 6.07) is 7.89. The lowest BCUT2D eigenvalue weighted by Crippen LogP contribution is -2.14. The second kappa shape index (κ2) is 4.78. The number of nitrogens with two attached hydrogens (primary N) is 1. The minimum absolute atomic E-state index is 0.176. The van der Waals surface area contributed by atoms with Crippen molar-refractivity contribution in [2.75, 3.05) is 6.61 Å². The fraction of sp³-hybridized carbons (Fsp3) is 0.286. The zero-order valence-corrected chi connectivity index (χ0v) is 11.4. The normalized spacial score (nSPS) is 15.9. The zero-order chi connectivity index (χ0) is 12.5. The van der Waals surface area contributed by atoms with Crippen molar-refractivity contribution in [2.45, 2.75) is 18.9 Å². The number of hydrogen-bond acceptors (Lipinski definition) is 3. The summed E-state index contributed by atoms with van der Waals surface area (Å²) in [5, 5.41) is 0. The lowest BCUT2D eigenvalue weighted by atomic mass is 9.97. The van der Waals surface area contributed by atoms with E-state index in [2.05, 4.69) is 22.0 Å². The van der Waals surface area contributed by atoms with Gasteiger partial charge in [0.1, 0.15) is 5.75 Å². The topological polar surface area (TPSA) is 48.4 Å². The van der Waals surface area contributed by atoms with Gasteiger partial charge in [-0.3, -0.25) is 0 Å². The minimum Gasteiger partial charge on any atom is -0.493 e. The SMILES string of the molecule is NC(c1ccc2c(c1)CCCO2)c1ccoc1Br. The quantitative estimate of drug-likeness (QED) is 0.925. The predicted molar refractivity (Wildman–Crippen MR) is 72.7 cm³/mol. The number of furan rings is 1. The van der Waals surface area contributed by atoms with Crippen molar-refractivity contribution in [1.82, 2.24) is 0 Å². The highest BCUT2D eigenvalue weighted by molar-refractivity contribution is 9.10. The second-order valence-electron chi connectivity index (χ2n) is 4.45. The number of rotatable bonds is 2. The van der Waals surface area contributed by atoms with Crippen LogP contribution in [-0.4, -0.2) is 6.61 Å². The monoisotopic (exact) mass is 307 g/mol. The van der Waals surface area contributed by atoms with Crippen molar-refractivity contribution in [3.63, 3.8) is 0 Å². The molecule has 2 aromatic rings. The smallest absolute Gasteiger partial charge is 0.174 e. The van der Waals surface area contributed by atoms with Gasteiger partial charge in [0.2, 0.25) is 0 Å². The van der Waals surface area contributed by atoms with E-state index in [1.807, 2.05) is 18.2 Å². The Morgan fingerprint density at radius 3 is 2.94 bits per heavy atom. The molecule has 2 heterocycles. The van der Waals surface area contributed by atoms with Gasteiger partial charge in [0, 0.05) is 5.56 Å². The summed E-state index contributed by atoms with van der Waals surface area (Å²) in [7, 11) is 0. The number of hydrogen-bond donors (Lipinski definition) is 1. The third kappa shape index (κ3) is 2.06. The van der Waals surface area contributed by atoms with Crippen LogP contribution in [0, 0.1) is 0 Å². The van der Waals surface area contributed by atoms with Crippen molar-refractivity contribution in [3.05, 3.63) is 51.9 Å². The van der Waals surface area contributed by atoms with E-state index in [0.717, 1.165) is 36.3 Å². The van der Waals surface area contributed by atoms with Crippen LogP contribution in [-0.2, 0) is 6.42 Å². The fourth-order valence-corrected chi connectivity index (χ4v) is 2.77. The van der Waals surface area contributed by atoms with Gasteiger partial charge >= 0.3 is 0 Å². The van der Waals surface area contributed by atoms with Crippen LogP contribution in [0.3, 0.4) is 0 Å². The summed E-state index contributed by atoms with van der Waals surface area (Å²) in [4.78, 5) is 0. The average molecular weight is 308 g/mol. The van der Waals surface area contributed by atoms with Crippen LogP contribution in [0.1, 0.15) is 29.2 Å². The molecule has 0 saturated heterocycles. The van der Waals surface area contributed by atoms with Crippen molar-refractivity contribution in [2.24, 2.45) is 5.73 Å². The lowest BCUT2D eigenvalue weighted by Gasteiger charge is -2.19. The van der Waals surface area contributed by atoms with E-state index >= 15 is 0 Å². The first kappa shape index (κ1) is 11.8. The van der Waals surface area contributed by atoms with E-state index in [0.29, 0.717) is 4.67 Å². The molecule has 0 bridgehead atoms. The first-order valence-corrected chi connectivity index (χ1v) is 6.79. The standard InChI is InChI=1S/C14H14BrNO2/c15-14-11(5-7-18-14)13(16)10-3-4-12-9(8-10)2-1-6-17-12/h3-5,7-8,13H,1-2,6,16H2. The van der Waals surface area contributed by atoms with E-state index in [-0.39, 0.29) is 6.04 Å². The number of benzene rings is 1. The van der Waals surface area contributed by atoms with Gasteiger partial charge in [-0.05, 0) is 52.0 Å². The molecule has 3 rings (SSSR count). The number of halogens is 1. The first-order chi connectivity index (χ1) is 8.75. The maximum atomic E-state index is 6.26. The summed E-state index contributed by atoms with van der Waals surface area (Å²) in [6.45, 7) is 0.811. The fourth-order valence-electron chi connectivity index (χ4n) is 2.28. The molecule has 1 aromatic carbocycles. The Bertz CT molecular complexity index is 565. The van der Waals surface area contributed by atoms with Gasteiger partial charge in [-0.15, -0.1) is 0 Å². The van der Waals surface area contributed by atoms with Crippen LogP contribution in [0.25, 0.3) is 0 Å². The number of aryl methyl sites for hydroxylation is 1. The molecule has 0 saturated carbocycles. The van der Waals surface area contributed by atoms with Crippen LogP contribution < -0.4 is 10.5 Å². The van der Waals surface area contributed by atoms with E-state index < -0.39 is 0 Å². The van der Waals surface area contributed by atoms with Crippen molar-refractivity contribution >= 4 is 15.9 Å². The first-order valence-electron chi connectivity index (χ1n) is 6.00. The highest BCUT2D eigenvalue weighted by Gasteiger charge is 2.17. The Morgan fingerprint density at radius 2 is 2.17 bits per heavy atom. The Morgan fingerprint density at radius 1 is 1.28 bits per heavy atom. The summed E-state index contributed by atoms with van der Waals surface area (Å²) < 4.78 is 11.5. The molecule has 1 unspecified atom stereocenters. The Kier molecular flexibility index (Phi) is 3.14. The number of ether oxygens (including phenoxy) is 1. The molecule has 0 fully saturated rings. The van der Waals surface area contributed by atoms with Gasteiger partial charge in [0.05, 0.1) is 18.9 Å². The molecule has 0 radical (unpaired) electrons. The zero-order valence-electron chi connectivity index (χ0n) is 9.86. The van der Waals surface area contributed by atoms with Gasteiger partial charge < -0.3 is 14.9 Å². The predicted octanol–water partition coefficient (Wildman–Crippen LogP) is 3.42. The van der Waals surface area contributed by atoms with Gasteiger partial charge in [-0.25, -0.2) is 0 Å². The van der Waals surface area contributed by atoms with Gasteiger partial charge in [0.25, 0.3) is 0 Å². The highest BCUT2D eigenvalue weighted by atomic mass is 79.9. The largest absolute Gasteiger partial charge is 0.493 e. The maximum absolute atomic E-state index is 6.26. The average Bonchev–Trinajstić information content (AvgIpc) is 2.83. The summed E-state index contributed by atoms with van der Waals surface area (Å²) in [5.41, 5.74) is 9.56. The molecule has 18 heavy (non-hydrogen) atoms. The second-order valence-corrected chi connectivity index (χ2v) is 5.17. The van der Waals surface area contributed by atoms with Crippen LogP contribution in [0.4, 0.5) is 0 Å².